The summed E-state index contributed by atoms with van der Waals surface area (Å²) in [5.74, 6) is -3.03. The maximum absolute atomic E-state index is 13.5. The lowest BCUT2D eigenvalue weighted by atomic mass is 9.89. The molecule has 0 radical (unpaired) electrons. The van der Waals surface area contributed by atoms with Gasteiger partial charge in [0.05, 0.1) is 18.0 Å². The number of benzene rings is 1. The number of ketones is 1. The molecule has 0 aliphatic rings. The summed E-state index contributed by atoms with van der Waals surface area (Å²) >= 11 is 0. The number of rotatable bonds is 20. The molecule has 264 valence electrons. The minimum absolute atomic E-state index is 0.0419. The summed E-state index contributed by atoms with van der Waals surface area (Å²) in [4.78, 5) is 74.8. The van der Waals surface area contributed by atoms with Gasteiger partial charge in [-0.15, -0.1) is 0 Å². The number of carbonyl (C=O) groups excluding carboxylic acids is 6. The van der Waals surface area contributed by atoms with E-state index in [1.165, 1.54) is 0 Å². The van der Waals surface area contributed by atoms with Crippen LogP contribution in [0.25, 0.3) is 0 Å². The predicted molar refractivity (Wildman–Crippen MR) is 181 cm³/mol. The highest BCUT2D eigenvalue weighted by atomic mass is 16.5. The zero-order valence-electron chi connectivity index (χ0n) is 29.1. The Bertz CT molecular complexity index is 1190. The van der Waals surface area contributed by atoms with Crippen molar-refractivity contribution in [1.29, 1.82) is 0 Å². The van der Waals surface area contributed by atoms with Gasteiger partial charge in [-0.1, -0.05) is 60.6 Å². The van der Waals surface area contributed by atoms with E-state index in [0.29, 0.717) is 18.7 Å². The summed E-state index contributed by atoms with van der Waals surface area (Å²) in [7, 11) is 0. The van der Waals surface area contributed by atoms with E-state index in [1.54, 1.807) is 52.0 Å². The maximum atomic E-state index is 13.5. The summed E-state index contributed by atoms with van der Waals surface area (Å²) in [6.45, 7) is 14.1. The lowest BCUT2D eigenvalue weighted by molar-refractivity contribution is -0.148. The van der Waals surface area contributed by atoms with Crippen molar-refractivity contribution in [3.05, 3.63) is 29.8 Å². The van der Waals surface area contributed by atoms with E-state index in [4.69, 9.17) is 16.2 Å². The molecule has 8 N–H and O–H groups in total. The third kappa shape index (κ3) is 17.5. The van der Waals surface area contributed by atoms with Crippen LogP contribution in [-0.2, 0) is 35.3 Å². The molecule has 0 aromatic heterocycles. The second-order valence-electron chi connectivity index (χ2n) is 13.8. The smallest absolute Gasteiger partial charge is 0.312 e. The number of hydrogen-bond acceptors (Lipinski definition) is 8. The molecule has 13 nitrogen and oxygen atoms in total. The van der Waals surface area contributed by atoms with Crippen molar-refractivity contribution in [2.45, 2.75) is 106 Å². The second-order valence-corrected chi connectivity index (χ2v) is 13.8. The first-order chi connectivity index (χ1) is 21.9. The number of esters is 1. The number of nitrogens with two attached hydrogens (primary N) is 2. The highest BCUT2D eigenvalue weighted by molar-refractivity contribution is 5.97. The average molecular weight is 661 g/mol. The van der Waals surface area contributed by atoms with Crippen LogP contribution in [0.15, 0.2) is 24.3 Å². The highest BCUT2D eigenvalue weighted by Gasteiger charge is 2.30. The van der Waals surface area contributed by atoms with Crippen molar-refractivity contribution in [1.82, 2.24) is 16.0 Å². The van der Waals surface area contributed by atoms with Crippen LogP contribution in [0.5, 0.6) is 0 Å². The number of primary amides is 1. The number of urea groups is 1. The van der Waals surface area contributed by atoms with E-state index in [2.05, 4.69) is 42.0 Å². The largest absolute Gasteiger partial charge is 0.461 e. The number of nitrogens with one attached hydrogen (secondary N) is 4. The van der Waals surface area contributed by atoms with E-state index in [0.717, 1.165) is 12.0 Å². The van der Waals surface area contributed by atoms with Crippen molar-refractivity contribution in [3.63, 3.8) is 0 Å². The zero-order chi connectivity index (χ0) is 35.7. The Balaban J connectivity index is 2.85. The molecular weight excluding hydrogens is 604 g/mol. The third-order valence-corrected chi connectivity index (χ3v) is 7.44. The Labute approximate surface area is 279 Å². The molecule has 0 unspecified atom stereocenters. The monoisotopic (exact) mass is 660 g/mol. The lowest BCUT2D eigenvalue weighted by Gasteiger charge is -2.24. The van der Waals surface area contributed by atoms with E-state index in [1.807, 2.05) is 0 Å². The first kappa shape index (κ1) is 41.0. The third-order valence-electron chi connectivity index (χ3n) is 7.44. The normalized spacial score (nSPS) is 13.3. The molecule has 47 heavy (non-hydrogen) atoms. The molecule has 3 atom stereocenters. The van der Waals surface area contributed by atoms with Gasteiger partial charge in [0, 0.05) is 37.5 Å². The molecule has 13 heteroatoms. The maximum Gasteiger partial charge on any atom is 0.312 e. The molecule has 5 amide bonds. The Hall–Kier alpha value is -4.00. The summed E-state index contributed by atoms with van der Waals surface area (Å²) in [6.07, 6.45) is 1.38. The van der Waals surface area contributed by atoms with Crippen LogP contribution in [0.4, 0.5) is 10.5 Å². The van der Waals surface area contributed by atoms with Gasteiger partial charge in [0.15, 0.2) is 5.78 Å². The summed E-state index contributed by atoms with van der Waals surface area (Å²) < 4.78 is 5.24. The van der Waals surface area contributed by atoms with Crippen LogP contribution in [-0.4, -0.2) is 60.7 Å². The topological polar surface area (TPSA) is 212 Å². The number of carbonyl (C=O) groups is 6. The fraction of sp³-hybridized carbons (Fsp3) is 0.647. The molecule has 0 bridgehead atoms. The fourth-order valence-electron chi connectivity index (χ4n) is 4.48. The standard InChI is InChI=1S/C34H56N6O7/c1-21(2)29(40-28(42)15-14-26(35)31(44)37-18-16-34(5,6)7)27(41)19-24(9-8-17-38-33(36)46)30(43)39-25-12-10-23(11-13-25)20-47-32(45)22(3)4/h10-13,21-22,24,26,29H,8-9,14-20,35H2,1-7H3,(H,37,44)(H,39,43)(H,40,42)(H3,36,38,46)/t24-,26-,29+/m1/s1. The quantitative estimate of drug-likeness (QED) is 0.0901. The van der Waals surface area contributed by atoms with Crippen LogP contribution < -0.4 is 32.7 Å². The van der Waals surface area contributed by atoms with Gasteiger partial charge in [-0.3, -0.25) is 24.0 Å². The van der Waals surface area contributed by atoms with Gasteiger partial charge in [-0.25, -0.2) is 4.79 Å². The Kier molecular flexibility index (Phi) is 17.7. The average Bonchev–Trinajstić information content (AvgIpc) is 2.98. The Morgan fingerprint density at radius 1 is 0.872 bits per heavy atom. The molecule has 1 aromatic carbocycles. The van der Waals surface area contributed by atoms with Crippen molar-refractivity contribution >= 4 is 41.2 Å². The number of Topliss-reactive ketones (excluding diaryl/α,β-unsaturated/α-hetero) is 1. The van der Waals surface area contributed by atoms with E-state index in [9.17, 15) is 28.8 Å². The number of ether oxygens (including phenoxy) is 1. The van der Waals surface area contributed by atoms with E-state index in [-0.39, 0.29) is 73.7 Å². The minimum atomic E-state index is -0.861. The molecule has 0 saturated heterocycles. The van der Waals surface area contributed by atoms with Crippen molar-refractivity contribution in [3.8, 4) is 0 Å². The van der Waals surface area contributed by atoms with Gasteiger partial charge in [-0.2, -0.15) is 0 Å². The Morgan fingerprint density at radius 2 is 1.51 bits per heavy atom. The molecule has 1 rings (SSSR count). The summed E-state index contributed by atoms with van der Waals surface area (Å²) in [5, 5.41) is 10.9. The van der Waals surface area contributed by atoms with E-state index >= 15 is 0 Å². The first-order valence-corrected chi connectivity index (χ1v) is 16.3. The van der Waals surface area contributed by atoms with Crippen LogP contribution >= 0.6 is 0 Å². The van der Waals surface area contributed by atoms with Gasteiger partial charge in [0.25, 0.3) is 0 Å². The van der Waals surface area contributed by atoms with E-state index < -0.39 is 35.8 Å². The van der Waals surface area contributed by atoms with Gasteiger partial charge in [0.1, 0.15) is 6.61 Å². The molecule has 0 aliphatic carbocycles. The molecule has 0 spiro atoms. The van der Waals surface area contributed by atoms with Crippen LogP contribution in [0.3, 0.4) is 0 Å². The van der Waals surface area contributed by atoms with Crippen molar-refractivity contribution < 1.29 is 33.5 Å². The van der Waals surface area contributed by atoms with Gasteiger partial charge < -0.3 is 37.5 Å². The number of anilines is 1. The molecule has 0 heterocycles. The molecule has 0 saturated carbocycles. The summed E-state index contributed by atoms with van der Waals surface area (Å²) in [6, 6.07) is 4.41. The van der Waals surface area contributed by atoms with Crippen molar-refractivity contribution in [2.75, 3.05) is 18.4 Å². The SMILES string of the molecule is CC(C)C(=O)OCc1ccc(NC(=O)[C@H](CCCNC(N)=O)CC(=O)[C@@H](NC(=O)CC[C@@H](N)C(=O)NCCC(C)(C)C)C(C)C)cc1. The predicted octanol–water partition coefficient (Wildman–Crippen LogP) is 3.15. The van der Waals surface area contributed by atoms with Crippen LogP contribution in [0.1, 0.15) is 92.6 Å². The van der Waals surface area contributed by atoms with Gasteiger partial charge in [0.2, 0.25) is 17.7 Å². The van der Waals surface area contributed by atoms with Gasteiger partial charge in [-0.05, 0) is 54.7 Å². The van der Waals surface area contributed by atoms with Gasteiger partial charge >= 0.3 is 12.0 Å². The molecule has 1 aromatic rings. The number of hydrogen-bond donors (Lipinski definition) is 6. The first-order valence-electron chi connectivity index (χ1n) is 16.3. The molecular formula is C34H56N6O7. The molecule has 0 fully saturated rings. The summed E-state index contributed by atoms with van der Waals surface area (Å²) in [5.41, 5.74) is 12.5. The second kappa shape index (κ2) is 20.3. The Morgan fingerprint density at radius 3 is 2.06 bits per heavy atom. The van der Waals surface area contributed by atoms with Crippen LogP contribution in [0, 0.1) is 23.2 Å². The number of amides is 5. The highest BCUT2D eigenvalue weighted by Crippen LogP contribution is 2.20. The molecule has 0 aliphatic heterocycles. The minimum Gasteiger partial charge on any atom is -0.461 e. The van der Waals surface area contributed by atoms with Crippen molar-refractivity contribution in [2.24, 2.45) is 34.6 Å². The van der Waals surface area contributed by atoms with Crippen LogP contribution in [0.2, 0.25) is 0 Å². The lowest BCUT2D eigenvalue weighted by Crippen LogP contribution is -2.46. The fourth-order valence-corrected chi connectivity index (χ4v) is 4.48. The zero-order valence-corrected chi connectivity index (χ0v) is 29.1.